The highest BCUT2D eigenvalue weighted by molar-refractivity contribution is 7.99. The molecule has 0 amide bonds. The van der Waals surface area contributed by atoms with Crippen LogP contribution in [0.15, 0.2) is 16.3 Å². The molecule has 2 rings (SSSR count). The van der Waals surface area contributed by atoms with E-state index < -0.39 is 10.0 Å². The molecule has 1 N–H and O–H groups in total. The molecule has 1 aliphatic rings. The summed E-state index contributed by atoms with van der Waals surface area (Å²) in [4.78, 5) is 1.50. The second kappa shape index (κ2) is 6.58. The SMILES string of the molecule is CCNCc1cc(S(=O)(=O)N(C)C2CCSC2)cs1. The molecule has 1 fully saturated rings. The van der Waals surface area contributed by atoms with Gasteiger partial charge in [-0.05, 0) is 24.8 Å². The van der Waals surface area contributed by atoms with E-state index in [-0.39, 0.29) is 6.04 Å². The van der Waals surface area contributed by atoms with E-state index in [0.717, 1.165) is 35.9 Å². The maximum atomic E-state index is 12.5. The third-order valence-electron chi connectivity index (χ3n) is 3.28. The smallest absolute Gasteiger partial charge is 0.243 e. The predicted octanol–water partition coefficient (Wildman–Crippen LogP) is 1.98. The molecule has 0 aromatic carbocycles. The molecule has 108 valence electrons. The fourth-order valence-electron chi connectivity index (χ4n) is 2.01. The van der Waals surface area contributed by atoms with Crippen LogP contribution in [0.3, 0.4) is 0 Å². The van der Waals surface area contributed by atoms with Gasteiger partial charge in [-0.3, -0.25) is 0 Å². The third-order valence-corrected chi connectivity index (χ3v) is 7.39. The molecular formula is C12H20N2O2S3. The Morgan fingerprint density at radius 1 is 1.53 bits per heavy atom. The second-order valence-corrected chi connectivity index (χ2v) is 8.71. The highest BCUT2D eigenvalue weighted by Gasteiger charge is 2.30. The van der Waals surface area contributed by atoms with Gasteiger partial charge in [0.2, 0.25) is 10.0 Å². The van der Waals surface area contributed by atoms with Crippen molar-refractivity contribution >= 4 is 33.1 Å². The van der Waals surface area contributed by atoms with Crippen molar-refractivity contribution in [2.24, 2.45) is 0 Å². The Bertz CT molecular complexity index is 507. The predicted molar refractivity (Wildman–Crippen MR) is 82.4 cm³/mol. The molecule has 1 aliphatic heterocycles. The summed E-state index contributed by atoms with van der Waals surface area (Å²) in [5, 5.41) is 4.96. The van der Waals surface area contributed by atoms with Crippen LogP contribution in [0.5, 0.6) is 0 Å². The van der Waals surface area contributed by atoms with Gasteiger partial charge in [0.05, 0.1) is 4.90 Å². The molecule has 1 atom stereocenters. The number of nitrogens with zero attached hydrogens (tertiary/aromatic N) is 1. The van der Waals surface area contributed by atoms with Crippen LogP contribution in [0.25, 0.3) is 0 Å². The van der Waals surface area contributed by atoms with Gasteiger partial charge in [-0.25, -0.2) is 8.42 Å². The van der Waals surface area contributed by atoms with Gasteiger partial charge in [0.1, 0.15) is 0 Å². The van der Waals surface area contributed by atoms with Crippen molar-refractivity contribution in [2.75, 3.05) is 25.1 Å². The average molecular weight is 321 g/mol. The van der Waals surface area contributed by atoms with Crippen molar-refractivity contribution in [2.45, 2.75) is 30.8 Å². The largest absolute Gasteiger partial charge is 0.312 e. The van der Waals surface area contributed by atoms with Gasteiger partial charge in [-0.2, -0.15) is 16.1 Å². The summed E-state index contributed by atoms with van der Waals surface area (Å²) in [7, 11) is -1.62. The van der Waals surface area contributed by atoms with E-state index in [2.05, 4.69) is 5.32 Å². The van der Waals surface area contributed by atoms with Crippen LogP contribution in [0.1, 0.15) is 18.2 Å². The zero-order valence-corrected chi connectivity index (χ0v) is 13.7. The first kappa shape index (κ1) is 15.3. The maximum Gasteiger partial charge on any atom is 0.243 e. The summed E-state index contributed by atoms with van der Waals surface area (Å²) in [5.41, 5.74) is 0. The fourth-order valence-corrected chi connectivity index (χ4v) is 5.99. The van der Waals surface area contributed by atoms with Crippen molar-refractivity contribution in [1.82, 2.24) is 9.62 Å². The highest BCUT2D eigenvalue weighted by Crippen LogP contribution is 2.28. The number of thioether (sulfide) groups is 1. The number of sulfonamides is 1. The summed E-state index contributed by atoms with van der Waals surface area (Å²) in [5.74, 6) is 1.96. The standard InChI is InChI=1S/C12H20N2O2S3/c1-3-13-7-11-6-12(9-18-11)19(15,16)14(2)10-4-5-17-8-10/h6,9-10,13H,3-5,7-8H2,1-2H3. The first-order valence-electron chi connectivity index (χ1n) is 6.39. The van der Waals surface area contributed by atoms with E-state index in [4.69, 9.17) is 0 Å². The Kier molecular flexibility index (Phi) is 5.30. The normalized spacial score (nSPS) is 20.3. The lowest BCUT2D eigenvalue weighted by molar-refractivity contribution is 0.395. The Hall–Kier alpha value is -0.0800. The highest BCUT2D eigenvalue weighted by atomic mass is 32.2. The zero-order chi connectivity index (χ0) is 13.9. The minimum Gasteiger partial charge on any atom is -0.312 e. The number of nitrogens with one attached hydrogen (secondary N) is 1. The number of hydrogen-bond acceptors (Lipinski definition) is 5. The van der Waals surface area contributed by atoms with Crippen LogP contribution in [-0.4, -0.2) is 43.9 Å². The lowest BCUT2D eigenvalue weighted by atomic mass is 10.3. The Morgan fingerprint density at radius 3 is 2.95 bits per heavy atom. The molecule has 4 nitrogen and oxygen atoms in total. The summed E-state index contributed by atoms with van der Waals surface area (Å²) >= 11 is 3.33. The third kappa shape index (κ3) is 3.52. The second-order valence-electron chi connectivity index (χ2n) is 4.57. The molecule has 7 heteroatoms. The van der Waals surface area contributed by atoms with Crippen molar-refractivity contribution in [1.29, 1.82) is 0 Å². The topological polar surface area (TPSA) is 49.4 Å². The van der Waals surface area contributed by atoms with E-state index in [9.17, 15) is 8.42 Å². The van der Waals surface area contributed by atoms with Crippen LogP contribution in [0.4, 0.5) is 0 Å². The van der Waals surface area contributed by atoms with E-state index in [0.29, 0.717) is 4.90 Å². The Morgan fingerprint density at radius 2 is 2.32 bits per heavy atom. The van der Waals surface area contributed by atoms with Crippen molar-refractivity contribution in [3.05, 3.63) is 16.3 Å². The Labute approximate surface area is 123 Å². The quantitative estimate of drug-likeness (QED) is 0.871. The first-order valence-corrected chi connectivity index (χ1v) is 9.87. The molecule has 1 unspecified atom stereocenters. The summed E-state index contributed by atoms with van der Waals surface area (Å²) in [6.45, 7) is 3.66. The summed E-state index contributed by atoms with van der Waals surface area (Å²) in [6.07, 6.45) is 0.953. The molecule has 0 spiro atoms. The molecule has 1 aromatic rings. The zero-order valence-electron chi connectivity index (χ0n) is 11.3. The Balaban J connectivity index is 2.12. The summed E-state index contributed by atoms with van der Waals surface area (Å²) < 4.78 is 26.6. The van der Waals surface area contributed by atoms with Gasteiger partial charge in [0.25, 0.3) is 0 Å². The fraction of sp³-hybridized carbons (Fsp3) is 0.667. The van der Waals surface area contributed by atoms with Crippen LogP contribution in [-0.2, 0) is 16.6 Å². The summed E-state index contributed by atoms with van der Waals surface area (Å²) in [6, 6.07) is 1.94. The van der Waals surface area contributed by atoms with Gasteiger partial charge >= 0.3 is 0 Å². The van der Waals surface area contributed by atoms with Crippen molar-refractivity contribution in [3.8, 4) is 0 Å². The van der Waals surface area contributed by atoms with Gasteiger partial charge in [0, 0.05) is 35.6 Å². The number of thiophene rings is 1. The molecule has 19 heavy (non-hydrogen) atoms. The van der Waals surface area contributed by atoms with Gasteiger partial charge in [-0.15, -0.1) is 11.3 Å². The number of hydrogen-bond donors (Lipinski definition) is 1. The average Bonchev–Trinajstić information content (AvgIpc) is 3.06. The monoisotopic (exact) mass is 320 g/mol. The molecular weight excluding hydrogens is 300 g/mol. The van der Waals surface area contributed by atoms with Crippen molar-refractivity contribution in [3.63, 3.8) is 0 Å². The maximum absolute atomic E-state index is 12.5. The van der Waals surface area contributed by atoms with Gasteiger partial charge < -0.3 is 5.32 Å². The molecule has 1 saturated heterocycles. The van der Waals surface area contributed by atoms with Gasteiger partial charge in [0.15, 0.2) is 0 Å². The van der Waals surface area contributed by atoms with E-state index in [1.807, 2.05) is 18.7 Å². The number of rotatable bonds is 6. The van der Waals surface area contributed by atoms with Crippen LogP contribution >= 0.6 is 23.1 Å². The first-order chi connectivity index (χ1) is 9.05. The van der Waals surface area contributed by atoms with E-state index in [1.165, 1.54) is 11.3 Å². The lowest BCUT2D eigenvalue weighted by Crippen LogP contribution is -2.36. The molecule has 1 aromatic heterocycles. The van der Waals surface area contributed by atoms with Crippen molar-refractivity contribution < 1.29 is 8.42 Å². The molecule has 0 aliphatic carbocycles. The van der Waals surface area contributed by atoms with Crippen LogP contribution in [0.2, 0.25) is 0 Å². The van der Waals surface area contributed by atoms with Gasteiger partial charge in [-0.1, -0.05) is 6.92 Å². The molecule has 0 saturated carbocycles. The van der Waals surface area contributed by atoms with E-state index >= 15 is 0 Å². The minimum atomic E-state index is -3.32. The molecule has 0 bridgehead atoms. The van der Waals surface area contributed by atoms with Crippen LogP contribution in [0, 0.1) is 0 Å². The van der Waals surface area contributed by atoms with Crippen LogP contribution < -0.4 is 5.32 Å². The lowest BCUT2D eigenvalue weighted by Gasteiger charge is -2.22. The molecule has 2 heterocycles. The minimum absolute atomic E-state index is 0.145. The van der Waals surface area contributed by atoms with E-state index in [1.54, 1.807) is 22.8 Å². The molecule has 0 radical (unpaired) electrons.